The molecule has 1 fully saturated rings. The minimum atomic E-state index is -0.290. The monoisotopic (exact) mass is 575 g/mol. The number of nitrogens with zero attached hydrogens (tertiary/aromatic N) is 3. The molecule has 2 aliphatic heterocycles. The number of halogens is 3. The number of hydrogen-bond donors (Lipinski definition) is 2. The number of rotatable bonds is 6. The number of aliphatic imine (C=N–C) groups is 1. The van der Waals surface area contributed by atoms with Crippen molar-refractivity contribution in [2.75, 3.05) is 44.3 Å². The molecule has 2 N–H and O–H groups in total. The second kappa shape index (κ2) is 11.7. The molecule has 2 aliphatic rings. The third-order valence-electron chi connectivity index (χ3n) is 5.24. The van der Waals surface area contributed by atoms with Crippen LogP contribution in [-0.2, 0) is 6.42 Å². The Hall–Kier alpha value is -2.01. The smallest absolute Gasteiger partial charge is 0.191 e. The van der Waals surface area contributed by atoms with Crippen LogP contribution in [0.25, 0.3) is 0 Å². The van der Waals surface area contributed by atoms with Gasteiger partial charge in [-0.25, -0.2) is 9.37 Å². The average molecular weight is 576 g/mol. The summed E-state index contributed by atoms with van der Waals surface area (Å²) in [4.78, 5) is 10.8. The maximum Gasteiger partial charge on any atom is 0.191 e. The summed E-state index contributed by atoms with van der Waals surface area (Å²) >= 11 is 6.33. The number of anilines is 1. The predicted molar refractivity (Wildman–Crippen MR) is 135 cm³/mol. The molecule has 174 valence electrons. The lowest BCUT2D eigenvalue weighted by Crippen LogP contribution is -2.44. The van der Waals surface area contributed by atoms with Gasteiger partial charge in [-0.1, -0.05) is 11.6 Å². The molecule has 2 aromatic rings. The Balaban J connectivity index is 0.00000289. The zero-order valence-corrected chi connectivity index (χ0v) is 21.0. The van der Waals surface area contributed by atoms with Crippen LogP contribution in [0.3, 0.4) is 0 Å². The molecule has 4 rings (SSSR count). The normalized spacial score (nSPS) is 17.7. The van der Waals surface area contributed by atoms with E-state index < -0.39 is 0 Å². The molecule has 0 aliphatic carbocycles. The summed E-state index contributed by atoms with van der Waals surface area (Å²) in [5.41, 5.74) is 1.05. The van der Waals surface area contributed by atoms with E-state index in [1.807, 2.05) is 24.0 Å². The highest BCUT2D eigenvalue weighted by Crippen LogP contribution is 2.38. The predicted octanol–water partition coefficient (Wildman–Crippen LogP) is 3.64. The van der Waals surface area contributed by atoms with Crippen molar-refractivity contribution >= 4 is 47.4 Å². The second-order valence-electron chi connectivity index (χ2n) is 7.50. The van der Waals surface area contributed by atoms with Gasteiger partial charge in [0.15, 0.2) is 29.1 Å². The molecule has 0 saturated carbocycles. The van der Waals surface area contributed by atoms with Crippen molar-refractivity contribution in [2.24, 2.45) is 4.99 Å². The standard InChI is InChI=1S/C22H27ClFN5O2.HI/c1-2-25-22(28-16-6-9-29(14-16)21-18(24)4-3-7-26-21)27-8-5-15-12-17(23)20-19(13-15)30-10-11-31-20;/h3-4,7,12-13,16H,2,5-6,8-11,14H2,1H3,(H2,25,27,28);1H. The number of hydrogen-bond acceptors (Lipinski definition) is 5. The molecule has 1 aromatic carbocycles. The minimum Gasteiger partial charge on any atom is -0.486 e. The topological polar surface area (TPSA) is 71.0 Å². The fourth-order valence-corrected chi connectivity index (χ4v) is 4.09. The Bertz CT molecular complexity index is 949. The van der Waals surface area contributed by atoms with E-state index in [0.29, 0.717) is 48.6 Å². The first kappa shape index (κ1) is 24.6. The zero-order valence-electron chi connectivity index (χ0n) is 17.9. The number of benzene rings is 1. The largest absolute Gasteiger partial charge is 0.486 e. The summed E-state index contributed by atoms with van der Waals surface area (Å²) in [7, 11) is 0. The van der Waals surface area contributed by atoms with Crippen molar-refractivity contribution < 1.29 is 13.9 Å². The molecule has 1 saturated heterocycles. The van der Waals surface area contributed by atoms with Crippen molar-refractivity contribution in [2.45, 2.75) is 25.8 Å². The third-order valence-corrected chi connectivity index (χ3v) is 5.52. The van der Waals surface area contributed by atoms with Crippen LogP contribution in [0.5, 0.6) is 11.5 Å². The average Bonchev–Trinajstić information content (AvgIpc) is 3.22. The van der Waals surface area contributed by atoms with Gasteiger partial charge in [0.1, 0.15) is 13.2 Å². The van der Waals surface area contributed by atoms with Gasteiger partial charge in [0, 0.05) is 38.4 Å². The molecule has 0 amide bonds. The Morgan fingerprint density at radius 1 is 1.34 bits per heavy atom. The van der Waals surface area contributed by atoms with Crippen molar-refractivity contribution in [1.29, 1.82) is 0 Å². The van der Waals surface area contributed by atoms with Gasteiger partial charge in [-0.3, -0.25) is 4.99 Å². The summed E-state index contributed by atoms with van der Waals surface area (Å²) in [6.45, 7) is 5.85. The van der Waals surface area contributed by atoms with Gasteiger partial charge in [0.05, 0.1) is 5.02 Å². The number of nitrogens with one attached hydrogen (secondary N) is 2. The molecule has 0 bridgehead atoms. The molecule has 0 spiro atoms. The molecule has 1 atom stereocenters. The number of guanidine groups is 1. The van der Waals surface area contributed by atoms with Crippen LogP contribution in [-0.4, -0.2) is 56.4 Å². The fourth-order valence-electron chi connectivity index (χ4n) is 3.80. The summed E-state index contributed by atoms with van der Waals surface area (Å²) in [5, 5.41) is 7.31. The minimum absolute atomic E-state index is 0. The van der Waals surface area contributed by atoms with E-state index in [-0.39, 0.29) is 35.8 Å². The van der Waals surface area contributed by atoms with Crippen LogP contribution in [0.4, 0.5) is 10.2 Å². The quantitative estimate of drug-likeness (QED) is 0.312. The highest BCUT2D eigenvalue weighted by Gasteiger charge is 2.26. The van der Waals surface area contributed by atoms with E-state index >= 15 is 0 Å². The Morgan fingerprint density at radius 3 is 3.00 bits per heavy atom. The molecule has 10 heteroatoms. The van der Waals surface area contributed by atoms with Crippen LogP contribution in [0.1, 0.15) is 18.9 Å². The third kappa shape index (κ3) is 6.06. The zero-order chi connectivity index (χ0) is 21.6. The Labute approximate surface area is 209 Å². The number of ether oxygens (including phenoxy) is 2. The van der Waals surface area contributed by atoms with Gasteiger partial charge in [0.2, 0.25) is 0 Å². The highest BCUT2D eigenvalue weighted by molar-refractivity contribution is 14.0. The van der Waals surface area contributed by atoms with Crippen LogP contribution < -0.4 is 25.0 Å². The molecule has 0 radical (unpaired) electrons. The lowest BCUT2D eigenvalue weighted by Gasteiger charge is -2.20. The van der Waals surface area contributed by atoms with E-state index in [9.17, 15) is 4.39 Å². The summed E-state index contributed by atoms with van der Waals surface area (Å²) in [6, 6.07) is 7.09. The molecule has 1 aromatic heterocycles. The fraction of sp³-hybridized carbons (Fsp3) is 0.455. The Kier molecular flexibility index (Phi) is 9.03. The van der Waals surface area contributed by atoms with E-state index in [2.05, 4.69) is 15.6 Å². The first-order chi connectivity index (χ1) is 15.1. The van der Waals surface area contributed by atoms with E-state index in [4.69, 9.17) is 26.1 Å². The van der Waals surface area contributed by atoms with Crippen LogP contribution in [0, 0.1) is 5.82 Å². The Morgan fingerprint density at radius 2 is 2.19 bits per heavy atom. The van der Waals surface area contributed by atoms with Crippen molar-refractivity contribution in [3.63, 3.8) is 0 Å². The molecule has 7 nitrogen and oxygen atoms in total. The van der Waals surface area contributed by atoms with Gasteiger partial charge >= 0.3 is 0 Å². The van der Waals surface area contributed by atoms with Gasteiger partial charge in [-0.15, -0.1) is 24.0 Å². The second-order valence-corrected chi connectivity index (χ2v) is 7.90. The van der Waals surface area contributed by atoms with E-state index in [1.165, 1.54) is 6.07 Å². The maximum atomic E-state index is 14.0. The van der Waals surface area contributed by atoms with Gasteiger partial charge in [-0.05, 0) is 49.6 Å². The van der Waals surface area contributed by atoms with Crippen LogP contribution in [0.15, 0.2) is 35.5 Å². The first-order valence-corrected chi connectivity index (χ1v) is 11.0. The maximum absolute atomic E-state index is 14.0. The number of fused-ring (bicyclic) bond motifs is 1. The van der Waals surface area contributed by atoms with Gasteiger partial charge in [-0.2, -0.15) is 0 Å². The number of aromatic nitrogens is 1. The molecule has 3 heterocycles. The summed E-state index contributed by atoms with van der Waals surface area (Å²) in [5.74, 6) is 2.17. The highest BCUT2D eigenvalue weighted by atomic mass is 127. The van der Waals surface area contributed by atoms with E-state index in [0.717, 1.165) is 37.5 Å². The van der Waals surface area contributed by atoms with Gasteiger partial charge < -0.3 is 25.0 Å². The molecule has 1 unspecified atom stereocenters. The lowest BCUT2D eigenvalue weighted by molar-refractivity contribution is 0.171. The van der Waals surface area contributed by atoms with Crippen LogP contribution >= 0.6 is 35.6 Å². The molecule has 32 heavy (non-hydrogen) atoms. The van der Waals surface area contributed by atoms with Gasteiger partial charge in [0.25, 0.3) is 0 Å². The SMILES string of the molecule is CCNC(=NCCc1cc(Cl)c2c(c1)OCCO2)NC1CCN(c2ncccc2F)C1.I. The molecular weight excluding hydrogens is 548 g/mol. The first-order valence-electron chi connectivity index (χ1n) is 10.6. The van der Waals surface area contributed by atoms with Crippen molar-refractivity contribution in [3.05, 3.63) is 46.9 Å². The lowest BCUT2D eigenvalue weighted by atomic mass is 10.1. The van der Waals surface area contributed by atoms with E-state index in [1.54, 1.807) is 12.3 Å². The number of pyridine rings is 1. The summed E-state index contributed by atoms with van der Waals surface area (Å²) in [6.07, 6.45) is 3.23. The van der Waals surface area contributed by atoms with Crippen molar-refractivity contribution in [1.82, 2.24) is 15.6 Å². The van der Waals surface area contributed by atoms with Crippen LogP contribution in [0.2, 0.25) is 5.02 Å². The summed E-state index contributed by atoms with van der Waals surface area (Å²) < 4.78 is 25.2. The van der Waals surface area contributed by atoms with Crippen molar-refractivity contribution in [3.8, 4) is 11.5 Å². The molecular formula is C22H28ClFIN5O2.